The number of amides is 2. The van der Waals surface area contributed by atoms with Gasteiger partial charge in [0.25, 0.3) is 0 Å². The van der Waals surface area contributed by atoms with E-state index in [1.165, 1.54) is 0 Å². The molecule has 0 heterocycles. The molecule has 0 rings (SSSR count). The van der Waals surface area contributed by atoms with Crippen molar-refractivity contribution in [3.63, 3.8) is 0 Å². The molecule has 0 atom stereocenters. The molecule has 16 heavy (non-hydrogen) atoms. The Kier molecular flexibility index (Phi) is 7.96. The van der Waals surface area contributed by atoms with Crippen molar-refractivity contribution >= 4 is 12.2 Å². The minimum Gasteiger partial charge on any atom is -0.450 e. The molecule has 0 bridgehead atoms. The molecule has 0 radical (unpaired) electrons. The molecule has 2 N–H and O–H groups in total. The van der Waals surface area contributed by atoms with Crippen molar-refractivity contribution in [2.45, 2.75) is 20.3 Å². The van der Waals surface area contributed by atoms with Crippen LogP contribution < -0.4 is 5.32 Å². The number of ether oxygens (including phenoxy) is 2. The zero-order valence-electron chi connectivity index (χ0n) is 9.56. The molecule has 0 saturated heterocycles. The fourth-order valence-electron chi connectivity index (χ4n) is 0.741. The van der Waals surface area contributed by atoms with E-state index < -0.39 is 12.2 Å². The van der Waals surface area contributed by atoms with Gasteiger partial charge in [-0.3, -0.25) is 5.21 Å². The zero-order valence-corrected chi connectivity index (χ0v) is 9.56. The number of hydrogen-bond donors (Lipinski definition) is 2. The first-order valence-corrected chi connectivity index (χ1v) is 5.15. The van der Waals surface area contributed by atoms with E-state index in [1.807, 2.05) is 6.92 Å². The van der Waals surface area contributed by atoms with Crippen LogP contribution in [-0.2, 0) is 9.47 Å². The number of nitrogens with zero attached hydrogens (tertiary/aromatic N) is 1. The second-order valence-corrected chi connectivity index (χ2v) is 2.89. The summed E-state index contributed by atoms with van der Waals surface area (Å²) in [5.74, 6) is 0. The number of rotatable bonds is 6. The Morgan fingerprint density at radius 2 is 1.94 bits per heavy atom. The number of alkyl carbamates (subject to hydrolysis) is 1. The van der Waals surface area contributed by atoms with E-state index in [2.05, 4.69) is 10.1 Å². The maximum absolute atomic E-state index is 10.9. The van der Waals surface area contributed by atoms with Gasteiger partial charge in [-0.25, -0.2) is 9.59 Å². The topological polar surface area (TPSA) is 88.1 Å². The molecule has 0 aromatic rings. The summed E-state index contributed by atoms with van der Waals surface area (Å²) in [6.07, 6.45) is -0.640. The standard InChI is InChI=1S/C9H18N2O5/c1-3-6-15-8(12)10-5-7-16-9(13)11(14)4-2/h14H,3-7H2,1-2H3,(H,10,12). The Morgan fingerprint density at radius 1 is 1.25 bits per heavy atom. The molecule has 0 aromatic heterocycles. The smallest absolute Gasteiger partial charge is 0.433 e. The molecule has 7 nitrogen and oxygen atoms in total. The van der Waals surface area contributed by atoms with Crippen LogP contribution in [0.2, 0.25) is 0 Å². The van der Waals surface area contributed by atoms with Crippen LogP contribution in [0.5, 0.6) is 0 Å². The molecule has 0 aromatic carbocycles. The lowest BCUT2D eigenvalue weighted by Gasteiger charge is -2.12. The van der Waals surface area contributed by atoms with Crippen molar-refractivity contribution in [2.24, 2.45) is 0 Å². The van der Waals surface area contributed by atoms with Gasteiger partial charge in [-0.2, -0.15) is 5.06 Å². The summed E-state index contributed by atoms with van der Waals surface area (Å²) < 4.78 is 9.33. The molecule has 0 unspecified atom stereocenters. The van der Waals surface area contributed by atoms with Crippen LogP contribution in [0.25, 0.3) is 0 Å². The van der Waals surface area contributed by atoms with E-state index in [0.717, 1.165) is 6.42 Å². The third-order valence-electron chi connectivity index (χ3n) is 1.54. The second-order valence-electron chi connectivity index (χ2n) is 2.89. The van der Waals surface area contributed by atoms with Crippen LogP contribution >= 0.6 is 0 Å². The van der Waals surface area contributed by atoms with Crippen LogP contribution in [0.4, 0.5) is 9.59 Å². The van der Waals surface area contributed by atoms with Crippen LogP contribution in [-0.4, -0.2) is 48.8 Å². The molecule has 0 aliphatic heterocycles. The first-order chi connectivity index (χ1) is 7.61. The van der Waals surface area contributed by atoms with Crippen LogP contribution in [0.15, 0.2) is 0 Å². The summed E-state index contributed by atoms with van der Waals surface area (Å²) in [7, 11) is 0. The van der Waals surface area contributed by atoms with Crippen molar-refractivity contribution in [1.29, 1.82) is 0 Å². The fourth-order valence-corrected chi connectivity index (χ4v) is 0.741. The van der Waals surface area contributed by atoms with Gasteiger partial charge in [0.15, 0.2) is 0 Å². The first-order valence-electron chi connectivity index (χ1n) is 5.15. The summed E-state index contributed by atoms with van der Waals surface area (Å²) >= 11 is 0. The highest BCUT2D eigenvalue weighted by Crippen LogP contribution is 1.88. The van der Waals surface area contributed by atoms with E-state index in [9.17, 15) is 9.59 Å². The third kappa shape index (κ3) is 6.88. The molecular weight excluding hydrogens is 216 g/mol. The maximum atomic E-state index is 10.9. The Morgan fingerprint density at radius 3 is 2.50 bits per heavy atom. The molecule has 0 fully saturated rings. The molecular formula is C9H18N2O5. The summed E-state index contributed by atoms with van der Waals surface area (Å²) in [6.45, 7) is 4.11. The van der Waals surface area contributed by atoms with Crippen molar-refractivity contribution in [3.8, 4) is 0 Å². The summed E-state index contributed by atoms with van der Waals surface area (Å²) in [6, 6.07) is 0. The second kappa shape index (κ2) is 8.78. The number of nitrogens with one attached hydrogen (secondary N) is 1. The minimum absolute atomic E-state index is 0.0167. The maximum Gasteiger partial charge on any atom is 0.433 e. The van der Waals surface area contributed by atoms with Gasteiger partial charge >= 0.3 is 12.2 Å². The predicted molar refractivity (Wildman–Crippen MR) is 55.2 cm³/mol. The lowest BCUT2D eigenvalue weighted by Crippen LogP contribution is -2.32. The number of carbonyl (C=O) groups is 2. The van der Waals surface area contributed by atoms with Crippen molar-refractivity contribution in [1.82, 2.24) is 10.4 Å². The van der Waals surface area contributed by atoms with Crippen molar-refractivity contribution < 1.29 is 24.3 Å². The van der Waals surface area contributed by atoms with Gasteiger partial charge in [-0.05, 0) is 13.3 Å². The first kappa shape index (κ1) is 14.5. The van der Waals surface area contributed by atoms with E-state index in [4.69, 9.17) is 9.94 Å². The Balaban J connectivity index is 3.45. The lowest BCUT2D eigenvalue weighted by atomic mass is 10.5. The van der Waals surface area contributed by atoms with Gasteiger partial charge in [0.1, 0.15) is 6.61 Å². The summed E-state index contributed by atoms with van der Waals surface area (Å²) in [5.41, 5.74) is 0. The summed E-state index contributed by atoms with van der Waals surface area (Å²) in [4.78, 5) is 21.8. The van der Waals surface area contributed by atoms with Gasteiger partial charge in [0, 0.05) is 6.54 Å². The number of hydroxylamine groups is 2. The zero-order chi connectivity index (χ0) is 12.4. The monoisotopic (exact) mass is 234 g/mol. The lowest BCUT2D eigenvalue weighted by molar-refractivity contribution is -0.0698. The van der Waals surface area contributed by atoms with Gasteiger partial charge in [0.05, 0.1) is 13.2 Å². The van der Waals surface area contributed by atoms with E-state index in [0.29, 0.717) is 11.7 Å². The fraction of sp³-hybridized carbons (Fsp3) is 0.778. The summed E-state index contributed by atoms with van der Waals surface area (Å²) in [5, 5.41) is 11.7. The average Bonchev–Trinajstić information content (AvgIpc) is 2.30. The molecule has 0 saturated carbocycles. The Hall–Kier alpha value is -1.50. The van der Waals surface area contributed by atoms with Gasteiger partial charge < -0.3 is 14.8 Å². The quantitative estimate of drug-likeness (QED) is 0.406. The third-order valence-corrected chi connectivity index (χ3v) is 1.54. The van der Waals surface area contributed by atoms with Gasteiger partial charge in [0.2, 0.25) is 0 Å². The molecule has 2 amide bonds. The van der Waals surface area contributed by atoms with E-state index >= 15 is 0 Å². The SMILES string of the molecule is CCCOC(=O)NCCOC(=O)N(O)CC. The van der Waals surface area contributed by atoms with Gasteiger partial charge in [-0.1, -0.05) is 6.92 Å². The molecule has 0 aliphatic rings. The van der Waals surface area contributed by atoms with Crippen LogP contribution in [0, 0.1) is 0 Å². The number of hydrogen-bond acceptors (Lipinski definition) is 5. The van der Waals surface area contributed by atoms with Crippen molar-refractivity contribution in [3.05, 3.63) is 0 Å². The normalized spacial score (nSPS) is 9.44. The highest BCUT2D eigenvalue weighted by molar-refractivity contribution is 5.67. The average molecular weight is 234 g/mol. The Bertz CT molecular complexity index is 222. The Labute approximate surface area is 94.3 Å². The largest absolute Gasteiger partial charge is 0.450 e. The highest BCUT2D eigenvalue weighted by Gasteiger charge is 2.09. The number of carbonyl (C=O) groups excluding carboxylic acids is 2. The molecule has 0 aliphatic carbocycles. The van der Waals surface area contributed by atoms with Crippen LogP contribution in [0.3, 0.4) is 0 Å². The molecule has 94 valence electrons. The molecule has 0 spiro atoms. The van der Waals surface area contributed by atoms with E-state index in [-0.39, 0.29) is 19.7 Å². The van der Waals surface area contributed by atoms with Crippen LogP contribution in [0.1, 0.15) is 20.3 Å². The molecule has 7 heteroatoms. The van der Waals surface area contributed by atoms with Gasteiger partial charge in [-0.15, -0.1) is 0 Å². The highest BCUT2D eigenvalue weighted by atomic mass is 16.6. The minimum atomic E-state index is -0.841. The van der Waals surface area contributed by atoms with E-state index in [1.54, 1.807) is 6.92 Å². The van der Waals surface area contributed by atoms with Crippen molar-refractivity contribution in [2.75, 3.05) is 26.3 Å². The predicted octanol–water partition coefficient (Wildman–Crippen LogP) is 0.970.